The van der Waals surface area contributed by atoms with Crippen LogP contribution in [0, 0.1) is 11.7 Å². The monoisotopic (exact) mass is 515 g/mol. The SMILES string of the molecule is COC(=O)C=Cc1cncc(N(Cc2ccc(-c3ccc(N(C)C)cc3)cc2F)C(=O)C2CCCCC2)c1. The van der Waals surface area contributed by atoms with Crippen molar-refractivity contribution in [3.63, 3.8) is 0 Å². The molecule has 1 saturated carbocycles. The van der Waals surface area contributed by atoms with Crippen LogP contribution in [0.15, 0.2) is 67.0 Å². The van der Waals surface area contributed by atoms with Crippen molar-refractivity contribution >= 4 is 29.3 Å². The van der Waals surface area contributed by atoms with Gasteiger partial charge in [-0.3, -0.25) is 9.78 Å². The molecule has 6 nitrogen and oxygen atoms in total. The minimum absolute atomic E-state index is 0.0247. The third-order valence-electron chi connectivity index (χ3n) is 6.99. The van der Waals surface area contributed by atoms with E-state index in [1.54, 1.807) is 35.5 Å². The normalized spacial score (nSPS) is 13.9. The Morgan fingerprint density at radius 2 is 1.68 bits per heavy atom. The van der Waals surface area contributed by atoms with Crippen LogP contribution >= 0.6 is 0 Å². The minimum atomic E-state index is -0.482. The first kappa shape index (κ1) is 27.0. The lowest BCUT2D eigenvalue weighted by atomic mass is 9.88. The fraction of sp³-hybridized carbons (Fsp3) is 0.323. The van der Waals surface area contributed by atoms with Crippen LogP contribution in [-0.4, -0.2) is 38.1 Å². The van der Waals surface area contributed by atoms with Gasteiger partial charge in [0.2, 0.25) is 5.91 Å². The molecule has 0 spiro atoms. The number of methoxy groups -OCH3 is 1. The Morgan fingerprint density at radius 1 is 0.974 bits per heavy atom. The maximum Gasteiger partial charge on any atom is 0.330 e. The van der Waals surface area contributed by atoms with Crippen LogP contribution < -0.4 is 9.80 Å². The Balaban J connectivity index is 1.63. The molecule has 7 heteroatoms. The van der Waals surface area contributed by atoms with E-state index in [0.29, 0.717) is 16.8 Å². The number of nitrogens with zero attached hydrogens (tertiary/aromatic N) is 3. The lowest BCUT2D eigenvalue weighted by molar-refractivity contribution is -0.134. The minimum Gasteiger partial charge on any atom is -0.466 e. The number of rotatable bonds is 8. The molecule has 1 fully saturated rings. The van der Waals surface area contributed by atoms with E-state index in [-0.39, 0.29) is 24.2 Å². The number of hydrogen-bond acceptors (Lipinski definition) is 5. The van der Waals surface area contributed by atoms with Gasteiger partial charge >= 0.3 is 5.97 Å². The predicted molar refractivity (Wildman–Crippen MR) is 149 cm³/mol. The second kappa shape index (κ2) is 12.5. The number of amides is 1. The Hall–Kier alpha value is -4.00. The zero-order valence-corrected chi connectivity index (χ0v) is 22.2. The van der Waals surface area contributed by atoms with Crippen LogP contribution in [0.1, 0.15) is 43.2 Å². The lowest BCUT2D eigenvalue weighted by Gasteiger charge is -2.29. The molecule has 1 amide bonds. The molecule has 0 atom stereocenters. The van der Waals surface area contributed by atoms with Crippen LogP contribution in [0.5, 0.6) is 0 Å². The van der Waals surface area contributed by atoms with Crippen LogP contribution in [-0.2, 0) is 20.9 Å². The summed E-state index contributed by atoms with van der Waals surface area (Å²) in [6.45, 7) is 0.0901. The lowest BCUT2D eigenvalue weighted by Crippen LogP contribution is -2.37. The maximum atomic E-state index is 15.4. The average molecular weight is 516 g/mol. The highest BCUT2D eigenvalue weighted by molar-refractivity contribution is 5.95. The standard InChI is InChI=1S/C31H34FN3O3/c1-34(2)27-14-12-23(13-15-27)25-10-11-26(29(32)18-25)21-35(31(37)24-7-5-4-6-8-24)28-17-22(19-33-20-28)9-16-30(36)38-3/h9-20,24H,4-8,21H2,1-3H3. The fourth-order valence-electron chi connectivity index (χ4n) is 4.76. The van der Waals surface area contributed by atoms with Crippen LogP contribution in [0.2, 0.25) is 0 Å². The van der Waals surface area contributed by atoms with Crippen molar-refractivity contribution in [3.8, 4) is 11.1 Å². The van der Waals surface area contributed by atoms with Crippen molar-refractivity contribution in [2.75, 3.05) is 31.0 Å². The first-order valence-electron chi connectivity index (χ1n) is 12.9. The number of carbonyl (C=O) groups is 2. The van der Waals surface area contributed by atoms with Crippen molar-refractivity contribution < 1.29 is 18.7 Å². The zero-order valence-electron chi connectivity index (χ0n) is 22.2. The van der Waals surface area contributed by atoms with Gasteiger partial charge in [0, 0.05) is 43.5 Å². The number of esters is 1. The van der Waals surface area contributed by atoms with E-state index in [9.17, 15) is 9.59 Å². The van der Waals surface area contributed by atoms with E-state index in [1.165, 1.54) is 19.3 Å². The van der Waals surface area contributed by atoms with Gasteiger partial charge in [0.25, 0.3) is 0 Å². The van der Waals surface area contributed by atoms with Gasteiger partial charge in [-0.25, -0.2) is 9.18 Å². The van der Waals surface area contributed by atoms with Gasteiger partial charge in [0.05, 0.1) is 25.5 Å². The highest BCUT2D eigenvalue weighted by Gasteiger charge is 2.28. The number of aromatic nitrogens is 1. The maximum absolute atomic E-state index is 15.4. The molecule has 0 saturated heterocycles. The summed E-state index contributed by atoms with van der Waals surface area (Å²) in [7, 11) is 5.26. The van der Waals surface area contributed by atoms with E-state index in [0.717, 1.165) is 48.9 Å². The molecule has 198 valence electrons. The molecule has 1 aliphatic rings. The third-order valence-corrected chi connectivity index (χ3v) is 6.99. The number of halogens is 1. The highest BCUT2D eigenvalue weighted by Crippen LogP contribution is 2.30. The molecule has 0 unspecified atom stereocenters. The summed E-state index contributed by atoms with van der Waals surface area (Å²) < 4.78 is 20.1. The molecular weight excluding hydrogens is 481 g/mol. The van der Waals surface area contributed by atoms with Gasteiger partial charge in [-0.1, -0.05) is 43.5 Å². The predicted octanol–water partition coefficient (Wildman–Crippen LogP) is 6.25. The highest BCUT2D eigenvalue weighted by atomic mass is 19.1. The summed E-state index contributed by atoms with van der Waals surface area (Å²) in [4.78, 5) is 33.2. The number of pyridine rings is 1. The Kier molecular flexibility index (Phi) is 8.89. The summed E-state index contributed by atoms with van der Waals surface area (Å²) in [5, 5.41) is 0. The Labute approximate surface area is 223 Å². The molecule has 0 bridgehead atoms. The summed E-state index contributed by atoms with van der Waals surface area (Å²) in [5.41, 5.74) is 4.41. The van der Waals surface area contributed by atoms with E-state index in [4.69, 9.17) is 0 Å². The largest absolute Gasteiger partial charge is 0.466 e. The summed E-state index contributed by atoms with van der Waals surface area (Å²) in [6.07, 6.45) is 10.9. The first-order valence-corrected chi connectivity index (χ1v) is 12.9. The molecule has 0 radical (unpaired) electrons. The van der Waals surface area contributed by atoms with Gasteiger partial charge in [-0.05, 0) is 59.9 Å². The number of hydrogen-bond donors (Lipinski definition) is 0. The van der Waals surface area contributed by atoms with E-state index in [1.807, 2.05) is 49.3 Å². The van der Waals surface area contributed by atoms with Crippen molar-refractivity contribution in [1.82, 2.24) is 4.98 Å². The molecular formula is C31H34FN3O3. The smallest absolute Gasteiger partial charge is 0.330 e. The van der Waals surface area contributed by atoms with E-state index < -0.39 is 5.97 Å². The molecule has 0 aliphatic heterocycles. The molecule has 1 aliphatic carbocycles. The molecule has 1 aromatic heterocycles. The number of anilines is 2. The number of carbonyl (C=O) groups excluding carboxylic acids is 2. The summed E-state index contributed by atoms with van der Waals surface area (Å²) >= 11 is 0. The second-order valence-corrected chi connectivity index (χ2v) is 9.84. The van der Waals surface area contributed by atoms with Crippen molar-refractivity contribution in [3.05, 3.63) is 83.9 Å². The summed E-state index contributed by atoms with van der Waals surface area (Å²) in [6, 6.07) is 14.9. The number of ether oxygens (including phenoxy) is 1. The van der Waals surface area contributed by atoms with Crippen LogP contribution in [0.3, 0.4) is 0 Å². The Bertz CT molecular complexity index is 1300. The quantitative estimate of drug-likeness (QED) is 0.262. The molecule has 4 rings (SSSR count). The van der Waals surface area contributed by atoms with Crippen molar-refractivity contribution in [2.24, 2.45) is 5.92 Å². The molecule has 2 aromatic carbocycles. The topological polar surface area (TPSA) is 62.7 Å². The average Bonchev–Trinajstić information content (AvgIpc) is 2.95. The van der Waals surface area contributed by atoms with E-state index in [2.05, 4.69) is 9.72 Å². The third kappa shape index (κ3) is 6.65. The molecule has 0 N–H and O–H groups in total. The van der Waals surface area contributed by atoms with Gasteiger partial charge in [0.15, 0.2) is 0 Å². The van der Waals surface area contributed by atoms with Gasteiger partial charge < -0.3 is 14.5 Å². The van der Waals surface area contributed by atoms with Gasteiger partial charge in [-0.2, -0.15) is 0 Å². The van der Waals surface area contributed by atoms with E-state index >= 15 is 4.39 Å². The van der Waals surface area contributed by atoms with Crippen molar-refractivity contribution in [1.29, 1.82) is 0 Å². The first-order chi connectivity index (χ1) is 18.4. The molecule has 3 aromatic rings. The second-order valence-electron chi connectivity index (χ2n) is 9.84. The summed E-state index contributed by atoms with van der Waals surface area (Å²) in [5.74, 6) is -0.974. The van der Waals surface area contributed by atoms with Crippen LogP contribution in [0.25, 0.3) is 17.2 Å². The molecule has 38 heavy (non-hydrogen) atoms. The Morgan fingerprint density at radius 3 is 2.34 bits per heavy atom. The van der Waals surface area contributed by atoms with Gasteiger partial charge in [0.1, 0.15) is 5.82 Å². The van der Waals surface area contributed by atoms with Gasteiger partial charge in [-0.15, -0.1) is 0 Å². The van der Waals surface area contributed by atoms with Crippen molar-refractivity contribution in [2.45, 2.75) is 38.6 Å². The molecule has 1 heterocycles. The number of benzene rings is 2. The fourth-order valence-corrected chi connectivity index (χ4v) is 4.76. The van der Waals surface area contributed by atoms with Crippen LogP contribution in [0.4, 0.5) is 15.8 Å². The zero-order chi connectivity index (χ0) is 27.1.